The number of alkyl halides is 1. The Morgan fingerprint density at radius 1 is 1.44 bits per heavy atom. The summed E-state index contributed by atoms with van der Waals surface area (Å²) in [5.41, 5.74) is 0.461. The van der Waals surface area contributed by atoms with E-state index in [1.54, 1.807) is 12.1 Å². The maximum absolute atomic E-state index is 11.7. The van der Waals surface area contributed by atoms with Gasteiger partial charge in [0.15, 0.2) is 9.84 Å². The molecule has 0 unspecified atom stereocenters. The Labute approximate surface area is 99.5 Å². The van der Waals surface area contributed by atoms with E-state index < -0.39 is 9.84 Å². The van der Waals surface area contributed by atoms with Crippen LogP contribution in [0.4, 0.5) is 5.69 Å². The first kappa shape index (κ1) is 13.0. The van der Waals surface area contributed by atoms with Crippen LogP contribution in [-0.4, -0.2) is 26.0 Å². The van der Waals surface area contributed by atoms with E-state index in [1.807, 2.05) is 0 Å². The second-order valence-electron chi connectivity index (χ2n) is 3.22. The standard InChI is InChI=1S/C10H12ClNO3S/c1-8(13)12-9-3-2-4-10(7-9)16(14,15)6-5-11/h2-4,7H,5-6H2,1H3,(H,12,13). The first-order valence-electron chi connectivity index (χ1n) is 4.62. The molecule has 1 aromatic rings. The lowest BCUT2D eigenvalue weighted by Crippen LogP contribution is -2.10. The van der Waals surface area contributed by atoms with Crippen LogP contribution in [0.3, 0.4) is 0 Å². The van der Waals surface area contributed by atoms with Crippen molar-refractivity contribution < 1.29 is 13.2 Å². The summed E-state index contributed by atoms with van der Waals surface area (Å²) in [5.74, 6) is -0.308. The van der Waals surface area contributed by atoms with Gasteiger partial charge in [-0.1, -0.05) is 6.07 Å². The minimum absolute atomic E-state index is 0.0483. The van der Waals surface area contributed by atoms with Crippen LogP contribution >= 0.6 is 11.6 Å². The van der Waals surface area contributed by atoms with Gasteiger partial charge in [0.1, 0.15) is 0 Å². The second-order valence-corrected chi connectivity index (χ2v) is 5.70. The van der Waals surface area contributed by atoms with Crippen LogP contribution in [0.1, 0.15) is 6.92 Å². The fourth-order valence-corrected chi connectivity index (χ4v) is 2.83. The number of nitrogens with one attached hydrogen (secondary N) is 1. The highest BCUT2D eigenvalue weighted by molar-refractivity contribution is 7.91. The zero-order valence-electron chi connectivity index (χ0n) is 8.73. The maximum Gasteiger partial charge on any atom is 0.221 e. The number of sulfone groups is 1. The van der Waals surface area contributed by atoms with E-state index in [-0.39, 0.29) is 22.4 Å². The molecular weight excluding hydrogens is 250 g/mol. The molecule has 0 aromatic heterocycles. The first-order chi connectivity index (χ1) is 7.45. The fraction of sp³-hybridized carbons (Fsp3) is 0.300. The van der Waals surface area contributed by atoms with Crippen LogP contribution in [0.15, 0.2) is 29.2 Å². The second kappa shape index (κ2) is 5.32. The molecule has 0 radical (unpaired) electrons. The molecule has 4 nitrogen and oxygen atoms in total. The summed E-state index contributed by atoms with van der Waals surface area (Å²) in [6.07, 6.45) is 0. The van der Waals surface area contributed by atoms with Crippen molar-refractivity contribution in [3.63, 3.8) is 0 Å². The Morgan fingerprint density at radius 2 is 2.12 bits per heavy atom. The molecular formula is C10H12ClNO3S. The molecule has 0 saturated carbocycles. The minimum Gasteiger partial charge on any atom is -0.326 e. The summed E-state index contributed by atoms with van der Waals surface area (Å²) in [7, 11) is -3.35. The van der Waals surface area contributed by atoms with Crippen LogP contribution < -0.4 is 5.32 Å². The summed E-state index contributed by atoms with van der Waals surface area (Å²) >= 11 is 5.41. The molecule has 0 bridgehead atoms. The number of halogens is 1. The van der Waals surface area contributed by atoms with Gasteiger partial charge in [-0.05, 0) is 18.2 Å². The normalized spacial score (nSPS) is 11.1. The molecule has 88 valence electrons. The highest BCUT2D eigenvalue weighted by Gasteiger charge is 2.13. The largest absolute Gasteiger partial charge is 0.326 e. The number of anilines is 1. The van der Waals surface area contributed by atoms with Gasteiger partial charge in [-0.2, -0.15) is 0 Å². The van der Waals surface area contributed by atoms with Gasteiger partial charge in [0.2, 0.25) is 5.91 Å². The topological polar surface area (TPSA) is 63.2 Å². The van der Waals surface area contributed by atoms with Gasteiger partial charge in [-0.3, -0.25) is 4.79 Å². The SMILES string of the molecule is CC(=O)Nc1cccc(S(=O)(=O)CCCl)c1. The van der Waals surface area contributed by atoms with E-state index >= 15 is 0 Å². The molecule has 6 heteroatoms. The van der Waals surface area contributed by atoms with Crippen molar-refractivity contribution in [3.8, 4) is 0 Å². The fourth-order valence-electron chi connectivity index (χ4n) is 1.19. The predicted molar refractivity (Wildman–Crippen MR) is 63.5 cm³/mol. The maximum atomic E-state index is 11.7. The third-order valence-corrected chi connectivity index (χ3v) is 3.99. The number of rotatable bonds is 4. The van der Waals surface area contributed by atoms with E-state index in [9.17, 15) is 13.2 Å². The third-order valence-electron chi connectivity index (χ3n) is 1.86. The first-order valence-corrected chi connectivity index (χ1v) is 6.81. The van der Waals surface area contributed by atoms with Gasteiger partial charge in [0.25, 0.3) is 0 Å². The molecule has 0 aliphatic rings. The highest BCUT2D eigenvalue weighted by atomic mass is 35.5. The monoisotopic (exact) mass is 261 g/mol. The molecule has 1 aromatic carbocycles. The van der Waals surface area contributed by atoms with Crippen molar-refractivity contribution in [1.29, 1.82) is 0 Å². The molecule has 1 N–H and O–H groups in total. The summed E-state index contributed by atoms with van der Waals surface area (Å²) in [6.45, 7) is 1.36. The van der Waals surface area contributed by atoms with E-state index in [1.165, 1.54) is 19.1 Å². The average Bonchev–Trinajstić information content (AvgIpc) is 2.17. The van der Waals surface area contributed by atoms with Crippen molar-refractivity contribution in [2.45, 2.75) is 11.8 Å². The zero-order valence-corrected chi connectivity index (χ0v) is 10.3. The van der Waals surface area contributed by atoms with Crippen molar-refractivity contribution in [1.82, 2.24) is 0 Å². The summed E-state index contributed by atoms with van der Waals surface area (Å²) < 4.78 is 23.3. The van der Waals surface area contributed by atoms with Crippen molar-refractivity contribution in [2.75, 3.05) is 16.9 Å². The Bertz CT molecular complexity index is 485. The number of benzene rings is 1. The molecule has 1 rings (SSSR count). The van der Waals surface area contributed by atoms with Crippen LogP contribution in [0.25, 0.3) is 0 Å². The van der Waals surface area contributed by atoms with E-state index in [0.717, 1.165) is 0 Å². The van der Waals surface area contributed by atoms with Crippen molar-refractivity contribution >= 4 is 33.0 Å². The molecule has 16 heavy (non-hydrogen) atoms. The Balaban J connectivity index is 3.03. The Hall–Kier alpha value is -1.07. The summed E-state index contributed by atoms with van der Waals surface area (Å²) in [6, 6.07) is 6.10. The van der Waals surface area contributed by atoms with Gasteiger partial charge in [0, 0.05) is 18.5 Å². The average molecular weight is 262 g/mol. The minimum atomic E-state index is -3.35. The molecule has 0 spiro atoms. The van der Waals surface area contributed by atoms with E-state index in [4.69, 9.17) is 11.6 Å². The number of hydrogen-bond acceptors (Lipinski definition) is 3. The Morgan fingerprint density at radius 3 is 2.69 bits per heavy atom. The number of hydrogen-bond donors (Lipinski definition) is 1. The summed E-state index contributed by atoms with van der Waals surface area (Å²) in [5, 5.41) is 2.52. The molecule has 1 amide bonds. The highest BCUT2D eigenvalue weighted by Crippen LogP contribution is 2.16. The van der Waals surface area contributed by atoms with Crippen LogP contribution in [0.5, 0.6) is 0 Å². The quantitative estimate of drug-likeness (QED) is 0.839. The van der Waals surface area contributed by atoms with Gasteiger partial charge in [-0.15, -0.1) is 11.6 Å². The van der Waals surface area contributed by atoms with Gasteiger partial charge in [-0.25, -0.2) is 8.42 Å². The molecule has 0 saturated heterocycles. The third kappa shape index (κ3) is 3.50. The van der Waals surface area contributed by atoms with Crippen molar-refractivity contribution in [3.05, 3.63) is 24.3 Å². The number of amides is 1. The van der Waals surface area contributed by atoms with Gasteiger partial charge >= 0.3 is 0 Å². The van der Waals surface area contributed by atoms with Crippen LogP contribution in [0.2, 0.25) is 0 Å². The smallest absolute Gasteiger partial charge is 0.221 e. The lowest BCUT2D eigenvalue weighted by atomic mass is 10.3. The van der Waals surface area contributed by atoms with Gasteiger partial charge < -0.3 is 5.32 Å². The predicted octanol–water partition coefficient (Wildman–Crippen LogP) is 1.66. The number of carbonyl (C=O) groups is 1. The van der Waals surface area contributed by atoms with Crippen LogP contribution in [-0.2, 0) is 14.6 Å². The summed E-state index contributed by atoms with van der Waals surface area (Å²) in [4.78, 5) is 11.0. The van der Waals surface area contributed by atoms with Crippen molar-refractivity contribution in [2.24, 2.45) is 0 Å². The van der Waals surface area contributed by atoms with Crippen LogP contribution in [0, 0.1) is 0 Å². The lowest BCUT2D eigenvalue weighted by molar-refractivity contribution is -0.114. The van der Waals surface area contributed by atoms with E-state index in [2.05, 4.69) is 5.32 Å². The lowest BCUT2D eigenvalue weighted by Gasteiger charge is -2.05. The van der Waals surface area contributed by atoms with E-state index in [0.29, 0.717) is 5.69 Å². The van der Waals surface area contributed by atoms with Gasteiger partial charge in [0.05, 0.1) is 10.6 Å². The zero-order chi connectivity index (χ0) is 12.2. The molecule has 0 aliphatic carbocycles. The number of carbonyl (C=O) groups excluding carboxylic acids is 1. The molecule has 0 atom stereocenters. The molecule has 0 heterocycles. The Kier molecular flexibility index (Phi) is 4.32. The molecule has 0 aliphatic heterocycles. The molecule has 0 fully saturated rings.